The fourth-order valence-corrected chi connectivity index (χ4v) is 2.73. The summed E-state index contributed by atoms with van der Waals surface area (Å²) in [4.78, 5) is 0. The molecule has 1 aromatic rings. The maximum absolute atomic E-state index is 5.60. The summed E-state index contributed by atoms with van der Waals surface area (Å²) in [6.07, 6.45) is 2.38. The van der Waals surface area contributed by atoms with Gasteiger partial charge in [-0.1, -0.05) is 12.1 Å². The van der Waals surface area contributed by atoms with E-state index in [1.807, 2.05) is 7.05 Å². The molecule has 1 saturated heterocycles. The van der Waals surface area contributed by atoms with Gasteiger partial charge < -0.3 is 14.8 Å². The third kappa shape index (κ3) is 2.85. The minimum absolute atomic E-state index is 0.347. The highest BCUT2D eigenvalue weighted by molar-refractivity contribution is 5.38. The molecule has 0 bridgehead atoms. The Morgan fingerprint density at radius 3 is 2.89 bits per heavy atom. The zero-order chi connectivity index (χ0) is 13.0. The minimum Gasteiger partial charge on any atom is -0.496 e. The van der Waals surface area contributed by atoms with Crippen molar-refractivity contribution in [1.29, 1.82) is 0 Å². The van der Waals surface area contributed by atoms with E-state index in [0.717, 1.165) is 25.4 Å². The fraction of sp³-hybridized carbons (Fsp3) is 0.600. The van der Waals surface area contributed by atoms with Crippen LogP contribution >= 0.6 is 0 Å². The first-order chi connectivity index (χ1) is 8.76. The summed E-state index contributed by atoms with van der Waals surface area (Å²) in [7, 11) is 3.75. The van der Waals surface area contributed by atoms with Crippen molar-refractivity contribution in [2.45, 2.75) is 25.8 Å². The van der Waals surface area contributed by atoms with E-state index in [2.05, 4.69) is 30.4 Å². The lowest BCUT2D eigenvalue weighted by Gasteiger charge is -2.30. The molecule has 0 radical (unpaired) electrons. The summed E-state index contributed by atoms with van der Waals surface area (Å²) in [6, 6.07) is 6.81. The van der Waals surface area contributed by atoms with E-state index in [0.29, 0.717) is 12.0 Å². The van der Waals surface area contributed by atoms with E-state index < -0.39 is 0 Å². The highest BCUT2D eigenvalue weighted by atomic mass is 16.5. The average Bonchev–Trinajstić information content (AvgIpc) is 2.42. The molecule has 0 aliphatic carbocycles. The molecule has 0 spiro atoms. The Kier molecular flexibility index (Phi) is 4.61. The van der Waals surface area contributed by atoms with Crippen LogP contribution in [0.1, 0.15) is 30.0 Å². The van der Waals surface area contributed by atoms with Gasteiger partial charge >= 0.3 is 0 Å². The number of nitrogens with one attached hydrogen (secondary N) is 1. The summed E-state index contributed by atoms with van der Waals surface area (Å²) in [5.74, 6) is 1.51. The molecule has 1 heterocycles. The highest BCUT2D eigenvalue weighted by Gasteiger charge is 2.24. The van der Waals surface area contributed by atoms with Gasteiger partial charge in [0.2, 0.25) is 0 Å². The zero-order valence-electron chi connectivity index (χ0n) is 11.5. The third-order valence-electron chi connectivity index (χ3n) is 3.77. The van der Waals surface area contributed by atoms with E-state index >= 15 is 0 Å². The van der Waals surface area contributed by atoms with Crippen molar-refractivity contribution in [1.82, 2.24) is 5.32 Å². The van der Waals surface area contributed by atoms with E-state index in [-0.39, 0.29) is 0 Å². The summed E-state index contributed by atoms with van der Waals surface area (Å²) in [5.41, 5.74) is 2.46. The van der Waals surface area contributed by atoms with Gasteiger partial charge in [-0.05, 0) is 44.0 Å². The number of rotatable bonds is 4. The molecule has 1 N–H and O–H groups in total. The number of hydrogen-bond acceptors (Lipinski definition) is 3. The molecule has 2 rings (SSSR count). The number of methoxy groups -OCH3 is 1. The number of ether oxygens (including phenoxy) is 2. The lowest BCUT2D eigenvalue weighted by molar-refractivity contribution is 0.0401. The van der Waals surface area contributed by atoms with Gasteiger partial charge in [0, 0.05) is 18.6 Å². The van der Waals surface area contributed by atoms with Crippen LogP contribution in [0.5, 0.6) is 5.75 Å². The van der Waals surface area contributed by atoms with Gasteiger partial charge in [-0.15, -0.1) is 0 Å². The predicted octanol–water partition coefficient (Wildman–Crippen LogP) is 2.69. The van der Waals surface area contributed by atoms with Crippen LogP contribution in [0.4, 0.5) is 0 Å². The molecule has 1 aliphatic heterocycles. The predicted molar refractivity (Wildman–Crippen MR) is 73.1 cm³/mol. The Morgan fingerprint density at radius 2 is 2.28 bits per heavy atom. The summed E-state index contributed by atoms with van der Waals surface area (Å²) < 4.78 is 11.0. The van der Waals surface area contributed by atoms with Crippen LogP contribution < -0.4 is 10.1 Å². The van der Waals surface area contributed by atoms with E-state index in [9.17, 15) is 0 Å². The lowest BCUT2D eigenvalue weighted by Crippen LogP contribution is -2.31. The number of benzene rings is 1. The van der Waals surface area contributed by atoms with E-state index in [1.54, 1.807) is 7.11 Å². The van der Waals surface area contributed by atoms with Crippen molar-refractivity contribution in [3.05, 3.63) is 29.3 Å². The van der Waals surface area contributed by atoms with Crippen molar-refractivity contribution in [2.75, 3.05) is 27.4 Å². The van der Waals surface area contributed by atoms with Crippen LogP contribution in [0.15, 0.2) is 18.2 Å². The smallest absolute Gasteiger partial charge is 0.122 e. The largest absolute Gasteiger partial charge is 0.496 e. The SMILES string of the molecule is CNC(c1ccc(C)c(OC)c1)C1CCCOC1. The summed E-state index contributed by atoms with van der Waals surface area (Å²) >= 11 is 0. The molecule has 18 heavy (non-hydrogen) atoms. The third-order valence-corrected chi connectivity index (χ3v) is 3.77. The number of hydrogen-bond donors (Lipinski definition) is 1. The molecule has 0 amide bonds. The van der Waals surface area contributed by atoms with Crippen molar-refractivity contribution in [3.8, 4) is 5.75 Å². The Bertz CT molecular complexity index is 386. The first-order valence-electron chi connectivity index (χ1n) is 6.65. The molecule has 0 saturated carbocycles. The molecule has 2 atom stereocenters. The van der Waals surface area contributed by atoms with Crippen LogP contribution in [-0.2, 0) is 4.74 Å². The molecule has 0 aromatic heterocycles. The standard InChI is InChI=1S/C15H23NO2/c1-11-6-7-12(9-14(11)17-3)15(16-2)13-5-4-8-18-10-13/h6-7,9,13,15-16H,4-5,8,10H2,1-3H3. The molecule has 1 fully saturated rings. The lowest BCUT2D eigenvalue weighted by atomic mass is 9.88. The summed E-state index contributed by atoms with van der Waals surface area (Å²) in [6.45, 7) is 3.83. The molecule has 3 nitrogen and oxygen atoms in total. The highest BCUT2D eigenvalue weighted by Crippen LogP contribution is 2.31. The normalized spacial score (nSPS) is 21.6. The molecule has 2 unspecified atom stereocenters. The van der Waals surface area contributed by atoms with E-state index in [4.69, 9.17) is 9.47 Å². The van der Waals surface area contributed by atoms with Gasteiger partial charge in [-0.25, -0.2) is 0 Å². The molecule has 3 heteroatoms. The fourth-order valence-electron chi connectivity index (χ4n) is 2.73. The van der Waals surface area contributed by atoms with Crippen molar-refractivity contribution < 1.29 is 9.47 Å². The molecular formula is C15H23NO2. The Hall–Kier alpha value is -1.06. The van der Waals surface area contributed by atoms with Crippen LogP contribution in [0.25, 0.3) is 0 Å². The van der Waals surface area contributed by atoms with Gasteiger partial charge in [0.05, 0.1) is 13.7 Å². The van der Waals surface area contributed by atoms with Crippen molar-refractivity contribution >= 4 is 0 Å². The Labute approximate surface area is 109 Å². The summed E-state index contributed by atoms with van der Waals surface area (Å²) in [5, 5.41) is 3.42. The molecule has 1 aromatic carbocycles. The first-order valence-corrected chi connectivity index (χ1v) is 6.65. The molecular weight excluding hydrogens is 226 g/mol. The minimum atomic E-state index is 0.347. The van der Waals surface area contributed by atoms with Crippen LogP contribution in [-0.4, -0.2) is 27.4 Å². The van der Waals surface area contributed by atoms with Crippen LogP contribution in [0.3, 0.4) is 0 Å². The van der Waals surface area contributed by atoms with Crippen LogP contribution in [0.2, 0.25) is 0 Å². The molecule has 100 valence electrons. The van der Waals surface area contributed by atoms with Gasteiger partial charge in [0.15, 0.2) is 0 Å². The Morgan fingerprint density at radius 1 is 1.44 bits per heavy atom. The second-order valence-corrected chi connectivity index (χ2v) is 4.97. The van der Waals surface area contributed by atoms with Gasteiger partial charge in [-0.3, -0.25) is 0 Å². The topological polar surface area (TPSA) is 30.5 Å². The zero-order valence-corrected chi connectivity index (χ0v) is 11.5. The monoisotopic (exact) mass is 249 g/mol. The molecule has 1 aliphatic rings. The maximum atomic E-state index is 5.60. The average molecular weight is 249 g/mol. The van der Waals surface area contributed by atoms with Crippen molar-refractivity contribution in [3.63, 3.8) is 0 Å². The quantitative estimate of drug-likeness (QED) is 0.890. The van der Waals surface area contributed by atoms with Gasteiger partial charge in [0.25, 0.3) is 0 Å². The van der Waals surface area contributed by atoms with E-state index in [1.165, 1.54) is 17.5 Å². The van der Waals surface area contributed by atoms with Crippen molar-refractivity contribution in [2.24, 2.45) is 5.92 Å². The maximum Gasteiger partial charge on any atom is 0.122 e. The van der Waals surface area contributed by atoms with Gasteiger partial charge in [-0.2, -0.15) is 0 Å². The van der Waals surface area contributed by atoms with Gasteiger partial charge in [0.1, 0.15) is 5.75 Å². The number of aryl methyl sites for hydroxylation is 1. The first kappa shape index (κ1) is 13.4. The Balaban J connectivity index is 2.20. The second kappa shape index (κ2) is 6.21. The van der Waals surface area contributed by atoms with Crippen LogP contribution in [0, 0.1) is 12.8 Å². The second-order valence-electron chi connectivity index (χ2n) is 4.97.